The second-order valence-electron chi connectivity index (χ2n) is 6.58. The first-order chi connectivity index (χ1) is 11.8. The van der Waals surface area contributed by atoms with Gasteiger partial charge >= 0.3 is 153 Å². The fourth-order valence-corrected chi connectivity index (χ4v) is 6.57. The number of hydrogen-bond acceptors (Lipinski definition) is 6. The van der Waals surface area contributed by atoms with Gasteiger partial charge in [0.2, 0.25) is 0 Å². The standard InChI is InChI=1S/C18H22O6Se/c1-10(19)21-13(12-8-6-5-7-9-12)16-14-15(24-18(3,4)23-14)17(25-16)22-11(2)20/h5-9,13-17H,1-4H3/t13-,14-,15+,16+,17?/m0/s1. The number of esters is 2. The normalized spacial score (nSPS) is 31.2. The van der Waals surface area contributed by atoms with E-state index in [-0.39, 0.29) is 48.9 Å². The van der Waals surface area contributed by atoms with Crippen molar-refractivity contribution in [3.05, 3.63) is 35.9 Å². The molecule has 5 atom stereocenters. The van der Waals surface area contributed by atoms with Gasteiger partial charge in [0.05, 0.1) is 0 Å². The van der Waals surface area contributed by atoms with Gasteiger partial charge in [-0.1, -0.05) is 0 Å². The van der Waals surface area contributed by atoms with E-state index in [2.05, 4.69) is 0 Å². The summed E-state index contributed by atoms with van der Waals surface area (Å²) in [6.45, 7) is 6.46. The molecule has 2 heterocycles. The van der Waals surface area contributed by atoms with Gasteiger partial charge in [-0.25, -0.2) is 0 Å². The molecular formula is C18H22O6Se. The molecule has 25 heavy (non-hydrogen) atoms. The van der Waals surface area contributed by atoms with Crippen molar-refractivity contribution in [2.24, 2.45) is 0 Å². The summed E-state index contributed by atoms with van der Waals surface area (Å²) in [4.78, 5) is 23.1. The molecule has 3 rings (SSSR count). The molecule has 6 nitrogen and oxygen atoms in total. The van der Waals surface area contributed by atoms with E-state index in [0.29, 0.717) is 0 Å². The van der Waals surface area contributed by atoms with E-state index in [1.165, 1.54) is 13.8 Å². The van der Waals surface area contributed by atoms with Crippen LogP contribution in [0.15, 0.2) is 30.3 Å². The first-order valence-corrected chi connectivity index (χ1v) is 10.1. The second-order valence-corrected chi connectivity index (χ2v) is 9.27. The molecule has 0 radical (unpaired) electrons. The number of benzene rings is 1. The molecule has 1 unspecified atom stereocenters. The summed E-state index contributed by atoms with van der Waals surface area (Å²) in [5.74, 6) is -1.46. The topological polar surface area (TPSA) is 71.1 Å². The van der Waals surface area contributed by atoms with E-state index in [0.717, 1.165) is 5.56 Å². The van der Waals surface area contributed by atoms with Gasteiger partial charge in [0, 0.05) is 0 Å². The van der Waals surface area contributed by atoms with E-state index in [9.17, 15) is 9.59 Å². The van der Waals surface area contributed by atoms with E-state index < -0.39 is 11.9 Å². The van der Waals surface area contributed by atoms with E-state index in [1.54, 1.807) is 0 Å². The van der Waals surface area contributed by atoms with Crippen LogP contribution in [0.4, 0.5) is 0 Å². The van der Waals surface area contributed by atoms with Crippen LogP contribution in [0.3, 0.4) is 0 Å². The monoisotopic (exact) mass is 414 g/mol. The minimum absolute atomic E-state index is 0.102. The van der Waals surface area contributed by atoms with Crippen LogP contribution in [-0.4, -0.2) is 49.9 Å². The Morgan fingerprint density at radius 3 is 2.32 bits per heavy atom. The first-order valence-electron chi connectivity index (χ1n) is 8.17. The number of carbonyl (C=O) groups excluding carboxylic acids is 2. The maximum atomic E-state index is 11.7. The van der Waals surface area contributed by atoms with Crippen LogP contribution in [0.2, 0.25) is 4.82 Å². The van der Waals surface area contributed by atoms with Crippen molar-refractivity contribution < 1.29 is 28.5 Å². The van der Waals surface area contributed by atoms with Crippen LogP contribution < -0.4 is 0 Å². The van der Waals surface area contributed by atoms with Crippen LogP contribution in [0.25, 0.3) is 0 Å². The summed E-state index contributed by atoms with van der Waals surface area (Å²) in [6.07, 6.45) is -1.08. The molecule has 2 saturated heterocycles. The molecule has 2 fully saturated rings. The Kier molecular flexibility index (Phi) is 5.21. The Labute approximate surface area is 153 Å². The van der Waals surface area contributed by atoms with Crippen LogP contribution in [-0.2, 0) is 28.5 Å². The zero-order valence-electron chi connectivity index (χ0n) is 14.6. The summed E-state index contributed by atoms with van der Waals surface area (Å²) in [6, 6.07) is 9.59. The second kappa shape index (κ2) is 7.08. The number of carbonyl (C=O) groups is 2. The molecule has 0 aromatic heterocycles. The Morgan fingerprint density at radius 1 is 1.08 bits per heavy atom. The van der Waals surface area contributed by atoms with Gasteiger partial charge < -0.3 is 0 Å². The molecule has 2 aliphatic heterocycles. The Balaban J connectivity index is 1.92. The van der Waals surface area contributed by atoms with Crippen LogP contribution in [0, 0.1) is 0 Å². The Bertz CT molecular complexity index is 646. The van der Waals surface area contributed by atoms with Gasteiger partial charge in [-0.2, -0.15) is 0 Å². The Hall–Kier alpha value is -1.40. The molecule has 0 saturated carbocycles. The third-order valence-corrected chi connectivity index (χ3v) is 7.12. The Morgan fingerprint density at radius 2 is 1.72 bits per heavy atom. The number of rotatable bonds is 4. The van der Waals surface area contributed by atoms with Crippen molar-refractivity contribution in [1.29, 1.82) is 0 Å². The van der Waals surface area contributed by atoms with Gasteiger partial charge in [-0.3, -0.25) is 0 Å². The van der Waals surface area contributed by atoms with Crippen molar-refractivity contribution in [3.8, 4) is 0 Å². The molecule has 1 aromatic rings. The van der Waals surface area contributed by atoms with Gasteiger partial charge in [0.1, 0.15) is 0 Å². The quantitative estimate of drug-likeness (QED) is 0.557. The summed E-state index contributed by atoms with van der Waals surface area (Å²) >= 11 is -0.159. The molecular weight excluding hydrogens is 391 g/mol. The fraction of sp³-hybridized carbons (Fsp3) is 0.556. The van der Waals surface area contributed by atoms with Crippen LogP contribution in [0.5, 0.6) is 0 Å². The number of hydrogen-bond donors (Lipinski definition) is 0. The van der Waals surface area contributed by atoms with E-state index >= 15 is 0 Å². The first kappa shape index (κ1) is 18.4. The van der Waals surface area contributed by atoms with Gasteiger partial charge in [0.25, 0.3) is 0 Å². The summed E-state index contributed by atoms with van der Waals surface area (Å²) in [5, 5.41) is -0.358. The number of fused-ring (bicyclic) bond motifs is 1. The molecule has 0 spiro atoms. The molecule has 0 bridgehead atoms. The van der Waals surface area contributed by atoms with Gasteiger partial charge in [-0.05, 0) is 0 Å². The van der Waals surface area contributed by atoms with Gasteiger partial charge in [-0.15, -0.1) is 0 Å². The average molecular weight is 413 g/mol. The van der Waals surface area contributed by atoms with E-state index in [1.807, 2.05) is 44.2 Å². The fourth-order valence-electron chi connectivity index (χ4n) is 3.24. The minimum atomic E-state index is -0.764. The van der Waals surface area contributed by atoms with Crippen molar-refractivity contribution in [3.63, 3.8) is 0 Å². The van der Waals surface area contributed by atoms with Crippen molar-refractivity contribution >= 4 is 26.9 Å². The van der Waals surface area contributed by atoms with Crippen LogP contribution in [0.1, 0.15) is 39.4 Å². The molecule has 0 N–H and O–H groups in total. The van der Waals surface area contributed by atoms with Crippen molar-refractivity contribution in [2.45, 2.75) is 61.6 Å². The van der Waals surface area contributed by atoms with Crippen molar-refractivity contribution in [2.75, 3.05) is 0 Å². The molecule has 7 heteroatoms. The molecule has 136 valence electrons. The summed E-state index contributed by atoms with van der Waals surface area (Å²) in [5.41, 5.74) is 0.903. The molecule has 2 aliphatic rings. The predicted octanol–water partition coefficient (Wildman–Crippen LogP) is 2.21. The summed E-state index contributed by atoms with van der Waals surface area (Å²) < 4.78 is 23.2. The molecule has 0 amide bonds. The van der Waals surface area contributed by atoms with Crippen LogP contribution >= 0.6 is 0 Å². The van der Waals surface area contributed by atoms with Gasteiger partial charge in [0.15, 0.2) is 0 Å². The van der Waals surface area contributed by atoms with Crippen molar-refractivity contribution in [1.82, 2.24) is 0 Å². The molecule has 0 aliphatic carbocycles. The van der Waals surface area contributed by atoms with E-state index in [4.69, 9.17) is 18.9 Å². The third kappa shape index (κ3) is 4.06. The summed E-state index contributed by atoms with van der Waals surface area (Å²) in [7, 11) is 0. The zero-order valence-corrected chi connectivity index (χ0v) is 16.3. The zero-order chi connectivity index (χ0) is 18.2. The molecule has 1 aromatic carbocycles. The predicted molar refractivity (Wildman–Crippen MR) is 89.8 cm³/mol. The average Bonchev–Trinajstić information content (AvgIpc) is 2.99. The number of ether oxygens (including phenoxy) is 4. The maximum absolute atomic E-state index is 11.7. The third-order valence-electron chi connectivity index (χ3n) is 4.05. The SMILES string of the molecule is CC(=O)OC1[Se][C@H]([C@@H](OC(C)=O)c2ccccc2)[C@H]2OC(C)(C)O[C@@H]12.